The Balaban J connectivity index is 1.19. The molecule has 2 heteroatoms. The molecule has 1 heterocycles. The van der Waals surface area contributed by atoms with E-state index in [0.717, 1.165) is 28.3 Å². The van der Waals surface area contributed by atoms with Gasteiger partial charge in [0, 0.05) is 27.8 Å². The summed E-state index contributed by atoms with van der Waals surface area (Å²) in [4.78, 5) is 2.40. The number of hydrogen-bond acceptors (Lipinski definition) is 1. The van der Waals surface area contributed by atoms with Crippen LogP contribution in [0.3, 0.4) is 0 Å². The molecule has 10 rings (SSSR count). The molecule has 1 aromatic heterocycles. The maximum atomic E-state index is 2.44. The zero-order valence-electron chi connectivity index (χ0n) is 29.7. The van der Waals surface area contributed by atoms with Crippen molar-refractivity contribution >= 4 is 49.6 Å². The van der Waals surface area contributed by atoms with Gasteiger partial charge in [-0.3, -0.25) is 0 Å². The molecule has 54 heavy (non-hydrogen) atoms. The van der Waals surface area contributed by atoms with E-state index in [1.54, 1.807) is 0 Å². The van der Waals surface area contributed by atoms with Crippen molar-refractivity contribution < 1.29 is 0 Å². The predicted octanol–water partition coefficient (Wildman–Crippen LogP) is 14.4. The van der Waals surface area contributed by atoms with Crippen LogP contribution >= 0.6 is 0 Å². The summed E-state index contributed by atoms with van der Waals surface area (Å²) in [6.45, 7) is 0. The summed E-state index contributed by atoms with van der Waals surface area (Å²) in [5.41, 5.74) is 14.0. The SMILES string of the molecule is c1ccc(-c2ccc(N(c3ccccc3)c3cccc4c3c3ccccc3n4-c3ccc(-c4ccccc4)c(-c4ccc5ccccc5c4)c3)cc2)cc1. The molecule has 10 aromatic rings. The molecule has 0 fully saturated rings. The lowest BCUT2D eigenvalue weighted by molar-refractivity contribution is 1.18. The highest BCUT2D eigenvalue weighted by Gasteiger charge is 2.21. The fourth-order valence-electron chi connectivity index (χ4n) is 8.04. The van der Waals surface area contributed by atoms with E-state index in [4.69, 9.17) is 0 Å². The van der Waals surface area contributed by atoms with Crippen LogP contribution in [-0.4, -0.2) is 4.57 Å². The van der Waals surface area contributed by atoms with Crippen molar-refractivity contribution in [2.75, 3.05) is 4.90 Å². The summed E-state index contributed by atoms with van der Waals surface area (Å²) in [5.74, 6) is 0. The first-order valence-corrected chi connectivity index (χ1v) is 18.5. The van der Waals surface area contributed by atoms with E-state index in [0.29, 0.717) is 0 Å². The molecule has 0 saturated heterocycles. The summed E-state index contributed by atoms with van der Waals surface area (Å²) in [6.07, 6.45) is 0. The normalized spacial score (nSPS) is 11.3. The first-order chi connectivity index (χ1) is 26.8. The van der Waals surface area contributed by atoms with E-state index in [2.05, 4.69) is 228 Å². The van der Waals surface area contributed by atoms with Crippen molar-refractivity contribution in [2.24, 2.45) is 0 Å². The van der Waals surface area contributed by atoms with E-state index in [-0.39, 0.29) is 0 Å². The van der Waals surface area contributed by atoms with Gasteiger partial charge in [0.1, 0.15) is 0 Å². The first kappa shape index (κ1) is 31.6. The third kappa shape index (κ3) is 5.53. The van der Waals surface area contributed by atoms with Gasteiger partial charge in [0.15, 0.2) is 0 Å². The molecule has 0 spiro atoms. The zero-order chi connectivity index (χ0) is 35.8. The summed E-state index contributed by atoms with van der Waals surface area (Å²) in [5, 5.41) is 4.90. The Kier molecular flexibility index (Phi) is 7.85. The standard InChI is InChI=1S/C52H36N2/c1-4-15-37(16-5-1)39-29-31-44(32-30-39)53(43-21-8-3-9-22-43)50-25-14-26-51-52(50)47-23-12-13-24-49(47)54(51)45-33-34-46(40-18-6-2-7-19-40)48(36-45)42-28-27-38-17-10-11-20-41(38)35-42/h1-36H. The Morgan fingerprint density at radius 1 is 0.333 bits per heavy atom. The van der Waals surface area contributed by atoms with Gasteiger partial charge in [0.2, 0.25) is 0 Å². The van der Waals surface area contributed by atoms with E-state index in [9.17, 15) is 0 Å². The van der Waals surface area contributed by atoms with Gasteiger partial charge in [-0.2, -0.15) is 0 Å². The lowest BCUT2D eigenvalue weighted by atomic mass is 9.92. The molecule has 254 valence electrons. The van der Waals surface area contributed by atoms with Gasteiger partial charge in [-0.25, -0.2) is 0 Å². The molecule has 0 atom stereocenters. The number of para-hydroxylation sites is 2. The Morgan fingerprint density at radius 2 is 0.926 bits per heavy atom. The largest absolute Gasteiger partial charge is 0.310 e. The maximum absolute atomic E-state index is 2.44. The van der Waals surface area contributed by atoms with Crippen molar-refractivity contribution in [3.05, 3.63) is 218 Å². The van der Waals surface area contributed by atoms with Crippen molar-refractivity contribution in [3.8, 4) is 39.1 Å². The Morgan fingerprint density at radius 3 is 1.70 bits per heavy atom. The minimum absolute atomic E-state index is 1.11. The highest BCUT2D eigenvalue weighted by Crippen LogP contribution is 2.45. The first-order valence-electron chi connectivity index (χ1n) is 18.5. The fraction of sp³-hybridized carbons (Fsp3) is 0. The fourth-order valence-corrected chi connectivity index (χ4v) is 8.04. The van der Waals surface area contributed by atoms with Crippen molar-refractivity contribution in [3.63, 3.8) is 0 Å². The van der Waals surface area contributed by atoms with Gasteiger partial charge < -0.3 is 9.47 Å². The van der Waals surface area contributed by atoms with Gasteiger partial charge in [-0.05, 0) is 105 Å². The van der Waals surface area contributed by atoms with Crippen LogP contribution in [-0.2, 0) is 0 Å². The van der Waals surface area contributed by atoms with E-state index < -0.39 is 0 Å². The second kappa shape index (κ2) is 13.4. The molecular weight excluding hydrogens is 653 g/mol. The second-order valence-electron chi connectivity index (χ2n) is 13.8. The second-order valence-corrected chi connectivity index (χ2v) is 13.8. The average molecular weight is 689 g/mol. The van der Waals surface area contributed by atoms with E-state index in [1.807, 2.05) is 0 Å². The number of aromatic nitrogens is 1. The number of benzene rings is 9. The van der Waals surface area contributed by atoms with E-state index in [1.165, 1.54) is 60.4 Å². The molecule has 0 amide bonds. The monoisotopic (exact) mass is 688 g/mol. The number of rotatable bonds is 7. The Bertz CT molecular complexity index is 2910. The average Bonchev–Trinajstić information content (AvgIpc) is 3.60. The summed E-state index contributed by atoms with van der Waals surface area (Å²) < 4.78 is 2.44. The van der Waals surface area contributed by atoms with Crippen LogP contribution < -0.4 is 4.90 Å². The van der Waals surface area contributed by atoms with Crippen molar-refractivity contribution in [1.29, 1.82) is 0 Å². The van der Waals surface area contributed by atoms with Crippen LogP contribution in [0.15, 0.2) is 218 Å². The molecule has 0 aliphatic carbocycles. The molecule has 2 nitrogen and oxygen atoms in total. The summed E-state index contributed by atoms with van der Waals surface area (Å²) >= 11 is 0. The molecule has 0 N–H and O–H groups in total. The van der Waals surface area contributed by atoms with Crippen LogP contribution in [0.5, 0.6) is 0 Å². The Hall–Kier alpha value is -7.16. The zero-order valence-corrected chi connectivity index (χ0v) is 29.7. The molecule has 0 radical (unpaired) electrons. The number of hydrogen-bond donors (Lipinski definition) is 0. The minimum atomic E-state index is 1.11. The van der Waals surface area contributed by atoms with Gasteiger partial charge in [-0.1, -0.05) is 158 Å². The third-order valence-corrected chi connectivity index (χ3v) is 10.6. The minimum Gasteiger partial charge on any atom is -0.310 e. The summed E-state index contributed by atoms with van der Waals surface area (Å²) in [6, 6.07) is 78.9. The van der Waals surface area contributed by atoms with E-state index >= 15 is 0 Å². The smallest absolute Gasteiger partial charge is 0.0562 e. The molecule has 0 aliphatic heterocycles. The van der Waals surface area contributed by atoms with Gasteiger partial charge in [0.25, 0.3) is 0 Å². The molecule has 0 unspecified atom stereocenters. The molecule has 9 aromatic carbocycles. The molecular formula is C52H36N2. The van der Waals surface area contributed by atoms with Gasteiger partial charge in [-0.15, -0.1) is 0 Å². The van der Waals surface area contributed by atoms with Crippen molar-refractivity contribution in [2.45, 2.75) is 0 Å². The Labute approximate surface area is 315 Å². The molecule has 0 saturated carbocycles. The highest BCUT2D eigenvalue weighted by molar-refractivity contribution is 6.16. The van der Waals surface area contributed by atoms with Crippen LogP contribution in [0.1, 0.15) is 0 Å². The number of nitrogens with zero attached hydrogens (tertiary/aromatic N) is 2. The maximum Gasteiger partial charge on any atom is 0.0562 e. The molecule has 0 bridgehead atoms. The lowest BCUT2D eigenvalue weighted by Crippen LogP contribution is -2.10. The number of fused-ring (bicyclic) bond motifs is 4. The van der Waals surface area contributed by atoms with Crippen LogP contribution in [0, 0.1) is 0 Å². The topological polar surface area (TPSA) is 8.17 Å². The molecule has 0 aliphatic rings. The van der Waals surface area contributed by atoms with Crippen LogP contribution in [0.2, 0.25) is 0 Å². The third-order valence-electron chi connectivity index (χ3n) is 10.6. The van der Waals surface area contributed by atoms with Gasteiger partial charge >= 0.3 is 0 Å². The van der Waals surface area contributed by atoms with Crippen LogP contribution in [0.4, 0.5) is 17.1 Å². The number of anilines is 3. The van der Waals surface area contributed by atoms with Crippen molar-refractivity contribution in [1.82, 2.24) is 4.57 Å². The predicted molar refractivity (Wildman–Crippen MR) is 229 cm³/mol. The van der Waals surface area contributed by atoms with Gasteiger partial charge in [0.05, 0.1) is 16.7 Å². The highest BCUT2D eigenvalue weighted by atomic mass is 15.1. The quantitative estimate of drug-likeness (QED) is 0.162. The van der Waals surface area contributed by atoms with Crippen LogP contribution in [0.25, 0.3) is 71.6 Å². The summed E-state index contributed by atoms with van der Waals surface area (Å²) in [7, 11) is 0. The lowest BCUT2D eigenvalue weighted by Gasteiger charge is -2.26.